The van der Waals surface area contributed by atoms with E-state index in [0.717, 1.165) is 17.8 Å². The van der Waals surface area contributed by atoms with Gasteiger partial charge in [0.1, 0.15) is 5.01 Å². The van der Waals surface area contributed by atoms with E-state index in [-0.39, 0.29) is 11.3 Å². The van der Waals surface area contributed by atoms with E-state index in [4.69, 9.17) is 5.73 Å². The van der Waals surface area contributed by atoms with Gasteiger partial charge in [-0.2, -0.15) is 0 Å². The molecule has 0 spiro atoms. The maximum absolute atomic E-state index is 12.0. The van der Waals surface area contributed by atoms with E-state index in [1.54, 1.807) is 0 Å². The number of nitrogens with one attached hydrogen (secondary N) is 1. The monoisotopic (exact) mass is 284 g/mol. The lowest BCUT2D eigenvalue weighted by molar-refractivity contribution is -0.119. The Kier molecular flexibility index (Phi) is 5.43. The van der Waals surface area contributed by atoms with Crippen LogP contribution in [-0.2, 0) is 4.79 Å². The fourth-order valence-corrected chi connectivity index (χ4v) is 2.68. The molecule has 1 amide bonds. The van der Waals surface area contributed by atoms with Crippen LogP contribution in [-0.4, -0.2) is 22.1 Å². The second-order valence-corrected chi connectivity index (χ2v) is 6.80. The van der Waals surface area contributed by atoms with Crippen molar-refractivity contribution in [3.05, 3.63) is 5.01 Å². The average molecular weight is 284 g/mol. The van der Waals surface area contributed by atoms with Crippen LogP contribution in [0.5, 0.6) is 0 Å². The Bertz CT molecular complexity index is 421. The summed E-state index contributed by atoms with van der Waals surface area (Å²) in [6, 6.07) is -0.562. The normalized spacial score (nSPS) is 13.6. The van der Waals surface area contributed by atoms with Crippen molar-refractivity contribution in [2.24, 2.45) is 11.1 Å². The molecular formula is C13H24N4OS. The average Bonchev–Trinajstić information content (AvgIpc) is 2.77. The van der Waals surface area contributed by atoms with E-state index in [0.29, 0.717) is 11.0 Å². The predicted octanol–water partition coefficient (Wildman–Crippen LogP) is 2.75. The van der Waals surface area contributed by atoms with Gasteiger partial charge in [-0.15, -0.1) is 10.2 Å². The van der Waals surface area contributed by atoms with E-state index in [1.807, 2.05) is 20.8 Å². The number of carbonyl (C=O) groups is 1. The van der Waals surface area contributed by atoms with Gasteiger partial charge in [0.15, 0.2) is 0 Å². The Labute approximate surface area is 119 Å². The van der Waals surface area contributed by atoms with Crippen LogP contribution in [0.3, 0.4) is 0 Å². The predicted molar refractivity (Wildman–Crippen MR) is 79.3 cm³/mol. The Balaban J connectivity index is 2.71. The summed E-state index contributed by atoms with van der Waals surface area (Å²) in [7, 11) is 0. The van der Waals surface area contributed by atoms with Gasteiger partial charge in [-0.3, -0.25) is 10.1 Å². The fourth-order valence-electron chi connectivity index (χ4n) is 1.66. The molecule has 0 saturated heterocycles. The molecule has 0 fully saturated rings. The first kappa shape index (κ1) is 16.0. The molecule has 0 radical (unpaired) electrons. The van der Waals surface area contributed by atoms with Crippen LogP contribution in [0.4, 0.5) is 5.13 Å². The van der Waals surface area contributed by atoms with Gasteiger partial charge in [-0.25, -0.2) is 0 Å². The number of carbonyl (C=O) groups excluding carboxylic acids is 1. The summed E-state index contributed by atoms with van der Waals surface area (Å²) in [5.41, 5.74) is 5.63. The molecule has 0 aliphatic carbocycles. The van der Waals surface area contributed by atoms with Gasteiger partial charge in [0.05, 0.1) is 6.04 Å². The SMILES string of the molecule is CCC(CC)c1nnc(NC(=O)[C@@H](N)C(C)(C)C)s1. The van der Waals surface area contributed by atoms with Crippen molar-refractivity contribution in [3.63, 3.8) is 0 Å². The third-order valence-electron chi connectivity index (χ3n) is 3.22. The molecule has 19 heavy (non-hydrogen) atoms. The molecule has 0 unspecified atom stereocenters. The van der Waals surface area contributed by atoms with Crippen LogP contribution < -0.4 is 11.1 Å². The first-order valence-corrected chi connectivity index (χ1v) is 7.51. The van der Waals surface area contributed by atoms with Gasteiger partial charge in [0.2, 0.25) is 11.0 Å². The summed E-state index contributed by atoms with van der Waals surface area (Å²) in [5, 5.41) is 12.4. The van der Waals surface area contributed by atoms with E-state index in [1.165, 1.54) is 11.3 Å². The molecule has 5 nitrogen and oxygen atoms in total. The highest BCUT2D eigenvalue weighted by molar-refractivity contribution is 7.15. The van der Waals surface area contributed by atoms with Gasteiger partial charge >= 0.3 is 0 Å². The van der Waals surface area contributed by atoms with Crippen LogP contribution in [0.15, 0.2) is 0 Å². The first-order valence-electron chi connectivity index (χ1n) is 6.69. The zero-order valence-electron chi connectivity index (χ0n) is 12.4. The second-order valence-electron chi connectivity index (χ2n) is 5.79. The zero-order valence-corrected chi connectivity index (χ0v) is 13.2. The molecule has 0 bridgehead atoms. The minimum atomic E-state index is -0.562. The third-order valence-corrected chi connectivity index (χ3v) is 4.22. The first-order chi connectivity index (χ1) is 8.79. The van der Waals surface area contributed by atoms with Crippen molar-refractivity contribution in [1.82, 2.24) is 10.2 Å². The summed E-state index contributed by atoms with van der Waals surface area (Å²) in [6.45, 7) is 10.1. The molecule has 1 rings (SSSR count). The molecule has 1 atom stereocenters. The van der Waals surface area contributed by atoms with E-state index >= 15 is 0 Å². The Morgan fingerprint density at radius 1 is 1.32 bits per heavy atom. The van der Waals surface area contributed by atoms with Crippen LogP contribution in [0, 0.1) is 5.41 Å². The minimum absolute atomic E-state index is 0.209. The van der Waals surface area contributed by atoms with Gasteiger partial charge in [-0.1, -0.05) is 46.0 Å². The lowest BCUT2D eigenvalue weighted by atomic mass is 9.87. The Morgan fingerprint density at radius 3 is 2.37 bits per heavy atom. The molecule has 0 aromatic carbocycles. The van der Waals surface area contributed by atoms with Crippen molar-refractivity contribution in [2.75, 3.05) is 5.32 Å². The number of anilines is 1. The van der Waals surface area contributed by atoms with Crippen LogP contribution in [0.2, 0.25) is 0 Å². The lowest BCUT2D eigenvalue weighted by Gasteiger charge is -2.25. The highest BCUT2D eigenvalue weighted by atomic mass is 32.1. The van der Waals surface area contributed by atoms with Gasteiger partial charge < -0.3 is 5.73 Å². The molecule has 0 aliphatic heterocycles. The Hall–Kier alpha value is -1.01. The zero-order chi connectivity index (χ0) is 14.6. The number of nitrogens with zero attached hydrogens (tertiary/aromatic N) is 2. The molecule has 3 N–H and O–H groups in total. The van der Waals surface area contributed by atoms with Crippen molar-refractivity contribution >= 4 is 22.4 Å². The second kappa shape index (κ2) is 6.43. The summed E-state index contributed by atoms with van der Waals surface area (Å²) in [6.07, 6.45) is 2.06. The number of amides is 1. The molecule has 108 valence electrons. The standard InChI is InChI=1S/C13H24N4OS/c1-6-8(7-2)11-16-17-12(19-11)15-10(18)9(14)13(3,4)5/h8-9H,6-7,14H2,1-5H3,(H,15,17,18)/t9-/m1/s1. The number of hydrogen-bond acceptors (Lipinski definition) is 5. The van der Waals surface area contributed by atoms with Crippen molar-refractivity contribution in [3.8, 4) is 0 Å². The van der Waals surface area contributed by atoms with Crippen LogP contribution in [0.1, 0.15) is 58.4 Å². The van der Waals surface area contributed by atoms with Gasteiger partial charge in [0, 0.05) is 5.92 Å². The topological polar surface area (TPSA) is 80.9 Å². The van der Waals surface area contributed by atoms with Crippen molar-refractivity contribution in [1.29, 1.82) is 0 Å². The van der Waals surface area contributed by atoms with Gasteiger partial charge in [0.25, 0.3) is 0 Å². The van der Waals surface area contributed by atoms with E-state index in [9.17, 15) is 4.79 Å². The molecule has 0 aliphatic rings. The number of aromatic nitrogens is 2. The largest absolute Gasteiger partial charge is 0.319 e. The maximum atomic E-state index is 12.0. The molecule has 1 heterocycles. The summed E-state index contributed by atoms with van der Waals surface area (Å²) >= 11 is 1.44. The van der Waals surface area contributed by atoms with Gasteiger partial charge in [-0.05, 0) is 18.3 Å². The quantitative estimate of drug-likeness (QED) is 0.871. The summed E-state index contributed by atoms with van der Waals surface area (Å²) in [4.78, 5) is 12.0. The molecule has 0 saturated carbocycles. The molecule has 1 aromatic heterocycles. The van der Waals surface area contributed by atoms with Crippen molar-refractivity contribution < 1.29 is 4.79 Å². The lowest BCUT2D eigenvalue weighted by Crippen LogP contribution is -2.45. The van der Waals surface area contributed by atoms with E-state index < -0.39 is 6.04 Å². The van der Waals surface area contributed by atoms with Crippen LogP contribution in [0.25, 0.3) is 0 Å². The smallest absolute Gasteiger partial charge is 0.243 e. The number of nitrogens with two attached hydrogens (primary N) is 1. The fraction of sp³-hybridized carbons (Fsp3) is 0.769. The minimum Gasteiger partial charge on any atom is -0.319 e. The highest BCUT2D eigenvalue weighted by Gasteiger charge is 2.28. The van der Waals surface area contributed by atoms with Crippen molar-refractivity contribution in [2.45, 2.75) is 59.4 Å². The Morgan fingerprint density at radius 2 is 1.89 bits per heavy atom. The molecular weight excluding hydrogens is 260 g/mol. The van der Waals surface area contributed by atoms with Crippen LogP contribution >= 0.6 is 11.3 Å². The highest BCUT2D eigenvalue weighted by Crippen LogP contribution is 2.28. The molecule has 1 aromatic rings. The maximum Gasteiger partial charge on any atom is 0.243 e. The number of hydrogen-bond donors (Lipinski definition) is 2. The summed E-state index contributed by atoms with van der Waals surface area (Å²) < 4.78 is 0. The van der Waals surface area contributed by atoms with E-state index in [2.05, 4.69) is 29.4 Å². The number of rotatable bonds is 5. The molecule has 6 heteroatoms. The summed E-state index contributed by atoms with van der Waals surface area (Å²) in [5.74, 6) is 0.208. The third kappa shape index (κ3) is 4.24.